The van der Waals surface area contributed by atoms with Crippen LogP contribution >= 0.6 is 15.9 Å². The van der Waals surface area contributed by atoms with Crippen molar-refractivity contribution in [2.24, 2.45) is 0 Å². The van der Waals surface area contributed by atoms with Crippen LogP contribution in [0.3, 0.4) is 0 Å². The number of halogens is 1. The second kappa shape index (κ2) is 7.85. The van der Waals surface area contributed by atoms with Gasteiger partial charge < -0.3 is 9.84 Å². The minimum Gasteiger partial charge on any atom is -0.508 e. The smallest absolute Gasteiger partial charge is 0.134 e. The fraction of sp³-hybridized carbons (Fsp3) is 0.0833. The van der Waals surface area contributed by atoms with Crippen molar-refractivity contribution < 1.29 is 9.84 Å². The minimum atomic E-state index is 0.308. The summed E-state index contributed by atoms with van der Waals surface area (Å²) in [5.41, 5.74) is 3.19. The van der Waals surface area contributed by atoms with Crippen LogP contribution in [0.5, 0.6) is 11.5 Å². The van der Waals surface area contributed by atoms with Gasteiger partial charge in [0.25, 0.3) is 0 Å². The van der Waals surface area contributed by atoms with Gasteiger partial charge in [0.15, 0.2) is 0 Å². The van der Waals surface area contributed by atoms with Crippen LogP contribution in [-0.2, 0) is 13.0 Å². The van der Waals surface area contributed by atoms with Crippen LogP contribution in [0, 0.1) is 0 Å². The Balaban J connectivity index is 1.71. The first-order chi connectivity index (χ1) is 13.2. The molecule has 0 radical (unpaired) electrons. The molecule has 4 aromatic carbocycles. The first kappa shape index (κ1) is 17.6. The van der Waals surface area contributed by atoms with E-state index in [1.807, 2.05) is 66.7 Å². The maximum absolute atomic E-state index is 10.5. The third-order valence-electron chi connectivity index (χ3n) is 4.62. The molecule has 1 N–H and O–H groups in total. The summed E-state index contributed by atoms with van der Waals surface area (Å²) in [5, 5.41) is 12.6. The van der Waals surface area contributed by atoms with E-state index in [9.17, 15) is 5.11 Å². The van der Waals surface area contributed by atoms with Gasteiger partial charge in [-0.05, 0) is 56.0 Å². The van der Waals surface area contributed by atoms with Crippen molar-refractivity contribution in [2.75, 3.05) is 0 Å². The number of aromatic hydroxyl groups is 1. The third kappa shape index (κ3) is 3.99. The molecular weight excluding hydrogens is 400 g/mol. The Bertz CT molecular complexity index is 1060. The second-order valence-electron chi connectivity index (χ2n) is 6.50. The van der Waals surface area contributed by atoms with Crippen molar-refractivity contribution in [1.82, 2.24) is 0 Å². The lowest BCUT2D eigenvalue weighted by atomic mass is 9.97. The van der Waals surface area contributed by atoms with Crippen molar-refractivity contribution in [2.45, 2.75) is 13.0 Å². The molecule has 0 amide bonds. The molecule has 3 heteroatoms. The molecule has 0 saturated heterocycles. The molecule has 0 aromatic heterocycles. The molecule has 0 aliphatic rings. The molecule has 2 nitrogen and oxygen atoms in total. The average molecular weight is 419 g/mol. The van der Waals surface area contributed by atoms with E-state index in [4.69, 9.17) is 4.74 Å². The summed E-state index contributed by atoms with van der Waals surface area (Å²) < 4.78 is 6.95. The highest BCUT2D eigenvalue weighted by Crippen LogP contribution is 2.36. The molecule has 0 atom stereocenters. The first-order valence-electron chi connectivity index (χ1n) is 8.85. The monoisotopic (exact) mass is 418 g/mol. The molecule has 4 aromatic rings. The van der Waals surface area contributed by atoms with E-state index < -0.39 is 0 Å². The summed E-state index contributed by atoms with van der Waals surface area (Å²) in [4.78, 5) is 0. The quantitative estimate of drug-likeness (QED) is 0.401. The summed E-state index contributed by atoms with van der Waals surface area (Å²) in [7, 11) is 0. The van der Waals surface area contributed by atoms with Crippen LogP contribution in [0.1, 0.15) is 16.7 Å². The van der Waals surface area contributed by atoms with Crippen molar-refractivity contribution in [3.8, 4) is 11.5 Å². The van der Waals surface area contributed by atoms with Gasteiger partial charge in [0.05, 0.1) is 4.47 Å². The zero-order valence-corrected chi connectivity index (χ0v) is 16.3. The summed E-state index contributed by atoms with van der Waals surface area (Å²) in [6.45, 7) is 0.498. The lowest BCUT2D eigenvalue weighted by Gasteiger charge is -2.14. The summed E-state index contributed by atoms with van der Waals surface area (Å²) in [6, 6.07) is 28.0. The van der Waals surface area contributed by atoms with Gasteiger partial charge in [-0.3, -0.25) is 0 Å². The molecule has 0 bridgehead atoms. The topological polar surface area (TPSA) is 29.5 Å². The van der Waals surface area contributed by atoms with Crippen LogP contribution in [-0.4, -0.2) is 5.11 Å². The molecule has 0 saturated carbocycles. The molecule has 0 unspecified atom stereocenters. The Labute approximate surface area is 167 Å². The Morgan fingerprint density at radius 1 is 0.778 bits per heavy atom. The van der Waals surface area contributed by atoms with Crippen LogP contribution < -0.4 is 4.74 Å². The molecule has 0 heterocycles. The Hall–Kier alpha value is -2.78. The van der Waals surface area contributed by atoms with Crippen LogP contribution in [0.4, 0.5) is 0 Å². The van der Waals surface area contributed by atoms with Gasteiger partial charge in [-0.25, -0.2) is 0 Å². The highest BCUT2D eigenvalue weighted by Gasteiger charge is 2.12. The molecule has 4 rings (SSSR count). The first-order valence-corrected chi connectivity index (χ1v) is 9.65. The van der Waals surface area contributed by atoms with E-state index in [-0.39, 0.29) is 0 Å². The molecule has 0 aliphatic heterocycles. The summed E-state index contributed by atoms with van der Waals surface area (Å²) in [5.74, 6) is 1.08. The third-order valence-corrected chi connectivity index (χ3v) is 5.24. The fourth-order valence-electron chi connectivity index (χ4n) is 3.21. The maximum Gasteiger partial charge on any atom is 0.134 e. The largest absolute Gasteiger partial charge is 0.508 e. The fourth-order valence-corrected chi connectivity index (χ4v) is 3.68. The molecule has 134 valence electrons. The Kier molecular flexibility index (Phi) is 5.12. The predicted molar refractivity (Wildman–Crippen MR) is 113 cm³/mol. The molecule has 0 spiro atoms. The van der Waals surface area contributed by atoms with Crippen LogP contribution in [0.2, 0.25) is 0 Å². The number of ether oxygens (including phenoxy) is 1. The second-order valence-corrected chi connectivity index (χ2v) is 7.36. The number of hydrogen-bond donors (Lipinski definition) is 1. The number of benzene rings is 4. The van der Waals surface area contributed by atoms with E-state index in [2.05, 4.69) is 28.1 Å². The highest BCUT2D eigenvalue weighted by atomic mass is 79.9. The highest BCUT2D eigenvalue weighted by molar-refractivity contribution is 9.10. The molecular formula is C24H19BrO2. The molecule has 0 fully saturated rings. The van der Waals surface area contributed by atoms with Crippen LogP contribution in [0.15, 0.2) is 89.4 Å². The molecule has 27 heavy (non-hydrogen) atoms. The number of phenolic OH excluding ortho intramolecular Hbond substituents is 1. The summed E-state index contributed by atoms with van der Waals surface area (Å²) >= 11 is 3.61. The number of fused-ring (bicyclic) bond motifs is 1. The lowest BCUT2D eigenvalue weighted by Crippen LogP contribution is -1.97. The van der Waals surface area contributed by atoms with Crippen LogP contribution in [0.25, 0.3) is 10.8 Å². The SMILES string of the molecule is Oc1ccc2cc(Br)c(OCc3ccccc3)cc2c1Cc1ccccc1. The average Bonchev–Trinajstić information content (AvgIpc) is 2.70. The standard InChI is InChI=1S/C24H19BrO2/c25-22-14-19-11-12-23(26)21(13-17-7-3-1-4-8-17)20(19)15-24(22)27-16-18-9-5-2-6-10-18/h1-12,14-15,26H,13,16H2. The zero-order valence-electron chi connectivity index (χ0n) is 14.7. The zero-order chi connectivity index (χ0) is 18.6. The Morgan fingerprint density at radius 3 is 2.15 bits per heavy atom. The number of rotatable bonds is 5. The van der Waals surface area contributed by atoms with Gasteiger partial charge in [-0.15, -0.1) is 0 Å². The molecule has 0 aliphatic carbocycles. The lowest BCUT2D eigenvalue weighted by molar-refractivity contribution is 0.304. The Morgan fingerprint density at radius 2 is 1.44 bits per heavy atom. The van der Waals surface area contributed by atoms with E-state index in [0.29, 0.717) is 18.8 Å². The van der Waals surface area contributed by atoms with Gasteiger partial charge in [0.1, 0.15) is 18.1 Å². The van der Waals surface area contributed by atoms with Gasteiger partial charge >= 0.3 is 0 Å². The van der Waals surface area contributed by atoms with E-state index >= 15 is 0 Å². The van der Waals surface area contributed by atoms with Crippen molar-refractivity contribution in [3.63, 3.8) is 0 Å². The van der Waals surface area contributed by atoms with Crippen molar-refractivity contribution in [3.05, 3.63) is 106 Å². The van der Waals surface area contributed by atoms with E-state index in [0.717, 1.165) is 37.7 Å². The maximum atomic E-state index is 10.5. The van der Waals surface area contributed by atoms with E-state index in [1.165, 1.54) is 0 Å². The van der Waals surface area contributed by atoms with Gasteiger partial charge in [0, 0.05) is 12.0 Å². The van der Waals surface area contributed by atoms with Gasteiger partial charge in [-0.1, -0.05) is 66.7 Å². The normalized spacial score (nSPS) is 10.9. The van der Waals surface area contributed by atoms with E-state index in [1.54, 1.807) is 6.07 Å². The predicted octanol–water partition coefficient (Wildman–Crippen LogP) is 6.48. The van der Waals surface area contributed by atoms with Crippen molar-refractivity contribution in [1.29, 1.82) is 0 Å². The number of phenols is 1. The number of hydrogen-bond acceptors (Lipinski definition) is 2. The van der Waals surface area contributed by atoms with Gasteiger partial charge in [0.2, 0.25) is 0 Å². The minimum absolute atomic E-state index is 0.308. The van der Waals surface area contributed by atoms with Crippen molar-refractivity contribution >= 4 is 26.7 Å². The summed E-state index contributed by atoms with van der Waals surface area (Å²) in [6.07, 6.45) is 0.670. The van der Waals surface area contributed by atoms with Gasteiger partial charge in [-0.2, -0.15) is 0 Å².